The highest BCUT2D eigenvalue weighted by Crippen LogP contribution is 2.45. The quantitative estimate of drug-likeness (QED) is 0.653. The molecule has 0 fully saturated rings. The third-order valence-corrected chi connectivity index (χ3v) is 6.33. The lowest BCUT2D eigenvalue weighted by Crippen LogP contribution is -2.11. The minimum Gasteiger partial charge on any atom is -0.497 e. The van der Waals surface area contributed by atoms with Gasteiger partial charge in [0, 0.05) is 18.9 Å². The summed E-state index contributed by atoms with van der Waals surface area (Å²) < 4.78 is 30.5. The van der Waals surface area contributed by atoms with Crippen LogP contribution in [0.2, 0.25) is 0 Å². The van der Waals surface area contributed by atoms with Crippen LogP contribution in [0, 0.1) is 0 Å². The Morgan fingerprint density at radius 2 is 1.90 bits per heavy atom. The lowest BCUT2D eigenvalue weighted by Gasteiger charge is -2.09. The summed E-state index contributed by atoms with van der Waals surface area (Å²) in [5.41, 5.74) is 6.81. The number of nitrogens with two attached hydrogens (primary N) is 1. The molecular formula is C23H23N3O3S. The van der Waals surface area contributed by atoms with Crippen molar-refractivity contribution >= 4 is 27.2 Å². The largest absolute Gasteiger partial charge is 0.497 e. The van der Waals surface area contributed by atoms with Gasteiger partial charge in [-0.15, -0.1) is 0 Å². The van der Waals surface area contributed by atoms with Gasteiger partial charge in [-0.25, -0.2) is 18.5 Å². The maximum absolute atomic E-state index is 11.5. The average molecular weight is 422 g/mol. The average Bonchev–Trinajstić information content (AvgIpc) is 3.33. The van der Waals surface area contributed by atoms with Gasteiger partial charge in [-0.05, 0) is 77.1 Å². The molecular weight excluding hydrogens is 398 g/mol. The van der Waals surface area contributed by atoms with Crippen molar-refractivity contribution in [2.75, 3.05) is 7.11 Å². The van der Waals surface area contributed by atoms with Crippen molar-refractivity contribution in [3.05, 3.63) is 83.4 Å². The van der Waals surface area contributed by atoms with Crippen LogP contribution >= 0.6 is 0 Å². The molecule has 0 saturated heterocycles. The molecule has 30 heavy (non-hydrogen) atoms. The molecule has 4 rings (SSSR count). The summed E-state index contributed by atoms with van der Waals surface area (Å²) in [5, 5.41) is 5.21. The Hall–Kier alpha value is -3.16. The minimum absolute atomic E-state index is 0.106. The number of aryl methyl sites for hydroxylation is 1. The van der Waals surface area contributed by atoms with Gasteiger partial charge in [0.1, 0.15) is 5.75 Å². The summed E-state index contributed by atoms with van der Waals surface area (Å²) >= 11 is 0. The highest BCUT2D eigenvalue weighted by Gasteiger charge is 2.24. The molecule has 1 heterocycles. The van der Waals surface area contributed by atoms with E-state index in [1.807, 2.05) is 18.6 Å². The lowest BCUT2D eigenvalue weighted by atomic mass is 10.0. The van der Waals surface area contributed by atoms with Crippen LogP contribution in [0.4, 0.5) is 0 Å². The number of nitrogens with zero attached hydrogens (tertiary/aromatic N) is 2. The Morgan fingerprint density at radius 1 is 1.13 bits per heavy atom. The first-order valence-electron chi connectivity index (χ1n) is 9.56. The Labute approximate surface area is 176 Å². The fourth-order valence-electron chi connectivity index (χ4n) is 3.79. The molecule has 0 radical (unpaired) electrons. The topological polar surface area (TPSA) is 87.2 Å². The van der Waals surface area contributed by atoms with Crippen LogP contribution in [0.1, 0.15) is 30.0 Å². The van der Waals surface area contributed by atoms with Crippen LogP contribution in [0.3, 0.4) is 0 Å². The molecule has 2 N–H and O–H groups in total. The second-order valence-electron chi connectivity index (χ2n) is 7.24. The van der Waals surface area contributed by atoms with E-state index in [9.17, 15) is 8.42 Å². The third-order valence-electron chi connectivity index (χ3n) is 5.40. The predicted molar refractivity (Wildman–Crippen MR) is 118 cm³/mol. The van der Waals surface area contributed by atoms with Gasteiger partial charge in [-0.2, -0.15) is 0 Å². The van der Waals surface area contributed by atoms with Crippen molar-refractivity contribution in [1.29, 1.82) is 0 Å². The first-order valence-corrected chi connectivity index (χ1v) is 11.1. The summed E-state index contributed by atoms with van der Waals surface area (Å²) in [7, 11) is -2.03. The number of allylic oxidation sites excluding steroid dienone is 3. The Kier molecular flexibility index (Phi) is 5.32. The number of sulfonamides is 1. The molecule has 3 aromatic rings. The minimum atomic E-state index is -3.70. The zero-order valence-corrected chi connectivity index (χ0v) is 17.7. The van der Waals surface area contributed by atoms with Gasteiger partial charge in [0.25, 0.3) is 0 Å². The number of primary sulfonamides is 1. The van der Waals surface area contributed by atoms with E-state index in [2.05, 4.69) is 34.7 Å². The van der Waals surface area contributed by atoms with Crippen molar-refractivity contribution < 1.29 is 13.2 Å². The number of hydrogen-bond acceptors (Lipinski definition) is 4. The molecule has 6 nitrogen and oxygen atoms in total. The van der Waals surface area contributed by atoms with Gasteiger partial charge in [0.2, 0.25) is 10.0 Å². The SMILES string of the molecule is COc1ccc2c(c1)C(CCn1ccnc1)=C(C)C2=Cc1ccc(S(N)(=O)=O)cc1. The Morgan fingerprint density at radius 3 is 2.53 bits per heavy atom. The van der Waals surface area contributed by atoms with Gasteiger partial charge >= 0.3 is 0 Å². The number of benzene rings is 2. The first kappa shape index (κ1) is 20.1. The Bertz CT molecular complexity index is 1240. The fourth-order valence-corrected chi connectivity index (χ4v) is 4.31. The normalized spacial score (nSPS) is 15.0. The standard InChI is InChI=1S/C23H23N3O3S/c1-16-20(9-11-26-12-10-25-15-26)23-14-18(29-2)5-8-21(23)22(16)13-17-3-6-19(7-4-17)30(24,27)28/h3-8,10,12-15H,9,11H2,1-2H3,(H2,24,27,28). The monoisotopic (exact) mass is 421 g/mol. The van der Waals surface area contributed by atoms with Gasteiger partial charge in [-0.3, -0.25) is 0 Å². The number of rotatable bonds is 6. The predicted octanol–water partition coefficient (Wildman–Crippen LogP) is 3.96. The fraction of sp³-hybridized carbons (Fsp3) is 0.174. The van der Waals surface area contributed by atoms with Crippen LogP contribution < -0.4 is 9.88 Å². The molecule has 1 aliphatic carbocycles. The summed E-state index contributed by atoms with van der Waals surface area (Å²) in [6.07, 6.45) is 8.51. The van der Waals surface area contributed by atoms with E-state index in [-0.39, 0.29) is 4.90 Å². The number of methoxy groups -OCH3 is 1. The van der Waals surface area contributed by atoms with Crippen LogP contribution in [-0.2, 0) is 16.6 Å². The van der Waals surface area contributed by atoms with Crippen LogP contribution in [0.15, 0.2) is 71.7 Å². The van der Waals surface area contributed by atoms with Crippen molar-refractivity contribution in [2.24, 2.45) is 5.14 Å². The van der Waals surface area contributed by atoms with E-state index >= 15 is 0 Å². The molecule has 0 atom stereocenters. The zero-order chi connectivity index (χ0) is 21.3. The summed E-state index contributed by atoms with van der Waals surface area (Å²) in [6, 6.07) is 12.7. The maximum Gasteiger partial charge on any atom is 0.238 e. The zero-order valence-electron chi connectivity index (χ0n) is 16.9. The van der Waals surface area contributed by atoms with E-state index in [1.54, 1.807) is 25.4 Å². The van der Waals surface area contributed by atoms with Crippen LogP contribution in [-0.4, -0.2) is 25.1 Å². The van der Waals surface area contributed by atoms with E-state index in [0.29, 0.717) is 0 Å². The summed E-state index contributed by atoms with van der Waals surface area (Å²) in [5.74, 6) is 0.820. The van der Waals surface area contributed by atoms with E-state index in [4.69, 9.17) is 9.88 Å². The molecule has 2 aromatic carbocycles. The molecule has 0 unspecified atom stereocenters. The molecule has 0 aliphatic heterocycles. The lowest BCUT2D eigenvalue weighted by molar-refractivity contribution is 0.414. The number of hydrogen-bond donors (Lipinski definition) is 1. The van der Waals surface area contributed by atoms with Gasteiger partial charge in [-0.1, -0.05) is 18.2 Å². The van der Waals surface area contributed by atoms with Crippen LogP contribution in [0.5, 0.6) is 5.75 Å². The van der Waals surface area contributed by atoms with Gasteiger partial charge < -0.3 is 9.30 Å². The smallest absolute Gasteiger partial charge is 0.238 e. The third kappa shape index (κ3) is 3.94. The summed E-state index contributed by atoms with van der Waals surface area (Å²) in [6.45, 7) is 2.96. The van der Waals surface area contributed by atoms with Crippen LogP contribution in [0.25, 0.3) is 17.2 Å². The van der Waals surface area contributed by atoms with Crippen molar-refractivity contribution in [1.82, 2.24) is 9.55 Å². The Balaban J connectivity index is 1.74. The van der Waals surface area contributed by atoms with Gasteiger partial charge in [0.05, 0.1) is 18.3 Å². The highest BCUT2D eigenvalue weighted by molar-refractivity contribution is 7.89. The molecule has 0 spiro atoms. The van der Waals surface area contributed by atoms with E-state index < -0.39 is 10.0 Å². The van der Waals surface area contributed by atoms with Crippen molar-refractivity contribution in [3.8, 4) is 5.75 Å². The molecule has 0 amide bonds. The van der Waals surface area contributed by atoms with E-state index in [1.165, 1.54) is 28.8 Å². The number of fused-ring (bicyclic) bond motifs is 1. The second-order valence-corrected chi connectivity index (χ2v) is 8.80. The van der Waals surface area contributed by atoms with Crippen molar-refractivity contribution in [2.45, 2.75) is 24.8 Å². The molecule has 0 bridgehead atoms. The number of aromatic nitrogens is 2. The first-order chi connectivity index (χ1) is 14.4. The molecule has 1 aliphatic rings. The highest BCUT2D eigenvalue weighted by atomic mass is 32.2. The van der Waals surface area contributed by atoms with Gasteiger partial charge in [0.15, 0.2) is 0 Å². The molecule has 0 saturated carbocycles. The molecule has 1 aromatic heterocycles. The number of imidazole rings is 1. The summed E-state index contributed by atoms with van der Waals surface area (Å²) in [4.78, 5) is 4.22. The second kappa shape index (κ2) is 7.93. The van der Waals surface area contributed by atoms with Crippen molar-refractivity contribution in [3.63, 3.8) is 0 Å². The molecule has 154 valence electrons. The maximum atomic E-state index is 11.5. The van der Waals surface area contributed by atoms with E-state index in [0.717, 1.165) is 35.4 Å². The number of ether oxygens (including phenoxy) is 1. The molecule has 7 heteroatoms.